The third kappa shape index (κ3) is 38.4. The van der Waals surface area contributed by atoms with Crippen LogP contribution < -0.4 is 5.73 Å². The minimum atomic E-state index is 0.107. The molecule has 0 atom stereocenters. The van der Waals surface area contributed by atoms with E-state index in [9.17, 15) is 0 Å². The highest BCUT2D eigenvalue weighted by Gasteiger charge is 2.23. The third-order valence-electron chi connectivity index (χ3n) is 11.0. The molecule has 0 heterocycles. The fourth-order valence-electron chi connectivity index (χ4n) is 7.56. The molecule has 47 heavy (non-hydrogen) atoms. The molecule has 0 bridgehead atoms. The van der Waals surface area contributed by atoms with E-state index in [1.54, 1.807) is 0 Å². The molecule has 0 aliphatic rings. The van der Waals surface area contributed by atoms with E-state index in [0.29, 0.717) is 0 Å². The Kier molecular flexibility index (Phi) is 39.9. The first kappa shape index (κ1) is 46.7. The summed E-state index contributed by atoms with van der Waals surface area (Å²) in [6, 6.07) is 0. The van der Waals surface area contributed by atoms with Gasteiger partial charge in [0.15, 0.2) is 0 Å². The Morgan fingerprint density at radius 3 is 0.702 bits per heavy atom. The number of rotatable bonds is 41. The highest BCUT2D eigenvalue weighted by atomic mass is 14.7. The number of hydrogen-bond acceptors (Lipinski definition) is 1. The monoisotopic (exact) mass is 660 g/mol. The normalized spacial score (nSPS) is 12.2. The van der Waals surface area contributed by atoms with Gasteiger partial charge >= 0.3 is 0 Å². The Balaban J connectivity index is 4.10. The van der Waals surface area contributed by atoms with Crippen molar-refractivity contribution < 1.29 is 0 Å². The van der Waals surface area contributed by atoms with Gasteiger partial charge in [0.2, 0.25) is 0 Å². The topological polar surface area (TPSA) is 26.0 Å². The van der Waals surface area contributed by atoms with E-state index >= 15 is 0 Å². The molecule has 2 N–H and O–H groups in total. The summed E-state index contributed by atoms with van der Waals surface area (Å²) in [7, 11) is 0. The molecule has 0 aliphatic heterocycles. The molecule has 0 aromatic heterocycles. The fourth-order valence-corrected chi connectivity index (χ4v) is 7.56. The summed E-state index contributed by atoms with van der Waals surface area (Å²) >= 11 is 0. The average molecular weight is 660 g/mol. The highest BCUT2D eigenvalue weighted by Crippen LogP contribution is 2.27. The van der Waals surface area contributed by atoms with Crippen LogP contribution in [0.5, 0.6) is 0 Å². The molecule has 0 rings (SSSR count). The zero-order chi connectivity index (χ0) is 34.2. The summed E-state index contributed by atoms with van der Waals surface area (Å²) in [5.74, 6) is 0. The molecular formula is C46H93N. The van der Waals surface area contributed by atoms with Gasteiger partial charge in [-0.05, 0) is 44.9 Å². The van der Waals surface area contributed by atoms with Crippen LogP contribution in [0.25, 0.3) is 0 Å². The SMILES string of the molecule is CCCCCCCC/C=C\CCCCCCCC(N)(CCCCCCCCCCCCCC)CCCCCCCCCCCCCC. The minimum absolute atomic E-state index is 0.107. The van der Waals surface area contributed by atoms with E-state index in [1.807, 2.05) is 0 Å². The van der Waals surface area contributed by atoms with Crippen LogP contribution >= 0.6 is 0 Å². The van der Waals surface area contributed by atoms with Gasteiger partial charge in [-0.3, -0.25) is 0 Å². The van der Waals surface area contributed by atoms with E-state index in [2.05, 4.69) is 32.9 Å². The summed E-state index contributed by atoms with van der Waals surface area (Å²) in [5, 5.41) is 0. The van der Waals surface area contributed by atoms with Gasteiger partial charge in [0, 0.05) is 5.54 Å². The first-order valence-electron chi connectivity index (χ1n) is 22.6. The van der Waals surface area contributed by atoms with Crippen LogP contribution in [0, 0.1) is 0 Å². The standard InChI is InChI=1S/C46H93N/c1-4-7-10-13-16-19-22-25-26-27-30-33-36-39-42-45-46(47,43-40-37-34-31-28-23-20-17-14-11-8-5-2)44-41-38-35-32-29-24-21-18-15-12-9-6-3/h25-26H,4-24,27-45,47H2,1-3H3/b26-25-. The Morgan fingerprint density at radius 2 is 0.468 bits per heavy atom. The van der Waals surface area contributed by atoms with Gasteiger partial charge in [0.25, 0.3) is 0 Å². The molecular weight excluding hydrogens is 567 g/mol. The molecule has 1 nitrogen and oxygen atoms in total. The van der Waals surface area contributed by atoms with Gasteiger partial charge in [0.1, 0.15) is 0 Å². The Hall–Kier alpha value is -0.300. The predicted octanol–water partition coefficient (Wildman–Crippen LogP) is 16.9. The summed E-state index contributed by atoms with van der Waals surface area (Å²) in [4.78, 5) is 0. The quantitative estimate of drug-likeness (QED) is 0.0513. The van der Waals surface area contributed by atoms with Gasteiger partial charge < -0.3 is 5.73 Å². The lowest BCUT2D eigenvalue weighted by atomic mass is 9.82. The van der Waals surface area contributed by atoms with Crippen molar-refractivity contribution in [3.05, 3.63) is 12.2 Å². The maximum atomic E-state index is 7.20. The van der Waals surface area contributed by atoms with Crippen LogP contribution in [0.2, 0.25) is 0 Å². The first-order chi connectivity index (χ1) is 23.2. The second-order valence-corrected chi connectivity index (χ2v) is 16.0. The molecule has 0 spiro atoms. The van der Waals surface area contributed by atoms with Gasteiger partial charge in [-0.1, -0.05) is 245 Å². The van der Waals surface area contributed by atoms with Crippen molar-refractivity contribution in [3.8, 4) is 0 Å². The van der Waals surface area contributed by atoms with Crippen molar-refractivity contribution in [2.24, 2.45) is 5.73 Å². The van der Waals surface area contributed by atoms with Crippen molar-refractivity contribution in [3.63, 3.8) is 0 Å². The van der Waals surface area contributed by atoms with Crippen LogP contribution in [0.1, 0.15) is 278 Å². The van der Waals surface area contributed by atoms with Gasteiger partial charge in [-0.2, -0.15) is 0 Å². The minimum Gasteiger partial charge on any atom is -0.325 e. The van der Waals surface area contributed by atoms with Crippen LogP contribution in [0.15, 0.2) is 12.2 Å². The number of unbranched alkanes of at least 4 members (excludes halogenated alkanes) is 33. The summed E-state index contributed by atoms with van der Waals surface area (Å²) in [5.41, 5.74) is 7.31. The smallest absolute Gasteiger partial charge is 0.0154 e. The number of nitrogens with two attached hydrogens (primary N) is 1. The molecule has 0 fully saturated rings. The summed E-state index contributed by atoms with van der Waals surface area (Å²) in [6.07, 6.45) is 61.0. The van der Waals surface area contributed by atoms with E-state index in [0.717, 1.165) is 0 Å². The lowest BCUT2D eigenvalue weighted by molar-refractivity contribution is 0.302. The predicted molar refractivity (Wildman–Crippen MR) is 218 cm³/mol. The van der Waals surface area contributed by atoms with Gasteiger partial charge in [0.05, 0.1) is 0 Å². The molecule has 0 aliphatic carbocycles. The van der Waals surface area contributed by atoms with Crippen LogP contribution in [0.3, 0.4) is 0 Å². The third-order valence-corrected chi connectivity index (χ3v) is 11.0. The van der Waals surface area contributed by atoms with E-state index < -0.39 is 0 Å². The van der Waals surface area contributed by atoms with Crippen LogP contribution in [-0.2, 0) is 0 Å². The molecule has 0 aromatic carbocycles. The first-order valence-corrected chi connectivity index (χ1v) is 22.6. The molecule has 282 valence electrons. The Labute approximate surface area is 300 Å². The lowest BCUT2D eigenvalue weighted by Crippen LogP contribution is -2.39. The Bertz CT molecular complexity index is 552. The Morgan fingerprint density at radius 1 is 0.277 bits per heavy atom. The zero-order valence-electron chi connectivity index (χ0n) is 33.5. The molecule has 0 amide bonds. The molecule has 1 heteroatoms. The molecule has 0 saturated carbocycles. The van der Waals surface area contributed by atoms with E-state index in [4.69, 9.17) is 5.73 Å². The van der Waals surface area contributed by atoms with Crippen molar-refractivity contribution in [2.45, 2.75) is 283 Å². The second-order valence-electron chi connectivity index (χ2n) is 16.0. The maximum absolute atomic E-state index is 7.20. The molecule has 0 aromatic rings. The number of allylic oxidation sites excluding steroid dienone is 2. The van der Waals surface area contributed by atoms with E-state index in [-0.39, 0.29) is 5.54 Å². The highest BCUT2D eigenvalue weighted by molar-refractivity contribution is 4.84. The number of hydrogen-bond donors (Lipinski definition) is 1. The van der Waals surface area contributed by atoms with Gasteiger partial charge in [-0.15, -0.1) is 0 Å². The molecule has 0 saturated heterocycles. The molecule has 0 radical (unpaired) electrons. The largest absolute Gasteiger partial charge is 0.325 e. The summed E-state index contributed by atoms with van der Waals surface area (Å²) < 4.78 is 0. The van der Waals surface area contributed by atoms with Crippen molar-refractivity contribution >= 4 is 0 Å². The molecule has 0 unspecified atom stereocenters. The average Bonchev–Trinajstić information content (AvgIpc) is 3.07. The van der Waals surface area contributed by atoms with Crippen LogP contribution in [-0.4, -0.2) is 5.54 Å². The van der Waals surface area contributed by atoms with E-state index in [1.165, 1.54) is 257 Å². The van der Waals surface area contributed by atoms with Crippen LogP contribution in [0.4, 0.5) is 0 Å². The van der Waals surface area contributed by atoms with Crippen molar-refractivity contribution in [1.29, 1.82) is 0 Å². The lowest BCUT2D eigenvalue weighted by Gasteiger charge is -2.30. The maximum Gasteiger partial charge on any atom is 0.0154 e. The zero-order valence-corrected chi connectivity index (χ0v) is 33.5. The van der Waals surface area contributed by atoms with Gasteiger partial charge in [-0.25, -0.2) is 0 Å². The van der Waals surface area contributed by atoms with Crippen molar-refractivity contribution in [1.82, 2.24) is 0 Å². The summed E-state index contributed by atoms with van der Waals surface area (Å²) in [6.45, 7) is 6.93. The fraction of sp³-hybridized carbons (Fsp3) is 0.957. The second kappa shape index (κ2) is 40.1. The van der Waals surface area contributed by atoms with Crippen molar-refractivity contribution in [2.75, 3.05) is 0 Å².